The number of carbonyl (C=O) groups excluding carboxylic acids is 1. The van der Waals surface area contributed by atoms with Crippen LogP contribution in [0.3, 0.4) is 0 Å². The molecule has 0 aromatic carbocycles. The largest absolute Gasteiger partial charge is 0.375 e. The summed E-state index contributed by atoms with van der Waals surface area (Å²) in [6.45, 7) is 4.10. The van der Waals surface area contributed by atoms with Gasteiger partial charge < -0.3 is 4.74 Å². The number of aromatic nitrogens is 2. The van der Waals surface area contributed by atoms with Gasteiger partial charge in [-0.2, -0.15) is 0 Å². The van der Waals surface area contributed by atoms with Crippen LogP contribution in [0, 0.1) is 0 Å². The van der Waals surface area contributed by atoms with Crippen LogP contribution in [0.5, 0.6) is 0 Å². The molecule has 0 atom stereocenters. The molecule has 0 aliphatic rings. The van der Waals surface area contributed by atoms with E-state index in [1.54, 1.807) is 0 Å². The topological polar surface area (TPSA) is 64.1 Å². The highest BCUT2D eigenvalue weighted by Gasteiger charge is 2.09. The average Bonchev–Trinajstić information content (AvgIpc) is 2.53. The van der Waals surface area contributed by atoms with Crippen molar-refractivity contribution in [2.24, 2.45) is 0 Å². The lowest BCUT2D eigenvalue weighted by atomic mass is 10.2. The molecule has 0 spiro atoms. The fraction of sp³-hybridized carbons (Fsp3) is 0.625. The molecule has 1 amide bonds. The first-order valence-corrected chi connectivity index (χ1v) is 5.07. The lowest BCUT2D eigenvalue weighted by Gasteiger charge is -1.98. The predicted octanol–water partition coefficient (Wildman–Crippen LogP) is 1.25. The molecule has 0 bridgehead atoms. The molecule has 5 nitrogen and oxygen atoms in total. The van der Waals surface area contributed by atoms with E-state index in [2.05, 4.69) is 20.3 Å². The van der Waals surface area contributed by atoms with Crippen molar-refractivity contribution in [3.8, 4) is 0 Å². The summed E-state index contributed by atoms with van der Waals surface area (Å²) in [4.78, 5) is 11.1. The Kier molecular flexibility index (Phi) is 3.97. The summed E-state index contributed by atoms with van der Waals surface area (Å²) in [6, 6.07) is 0. The SMILES string of the molecule is COCC(=O)Nc1nnc(C(C)C)s1. The Morgan fingerprint density at radius 3 is 2.79 bits per heavy atom. The molecule has 0 fully saturated rings. The maximum absolute atomic E-state index is 11.1. The average molecular weight is 215 g/mol. The van der Waals surface area contributed by atoms with Crippen LogP contribution in [0.25, 0.3) is 0 Å². The maximum Gasteiger partial charge on any atom is 0.252 e. The van der Waals surface area contributed by atoms with Crippen molar-refractivity contribution in [1.82, 2.24) is 10.2 Å². The molecule has 1 rings (SSSR count). The zero-order chi connectivity index (χ0) is 10.6. The third-order valence-electron chi connectivity index (χ3n) is 1.46. The van der Waals surface area contributed by atoms with E-state index in [4.69, 9.17) is 0 Å². The quantitative estimate of drug-likeness (QED) is 0.821. The first-order valence-electron chi connectivity index (χ1n) is 4.25. The molecule has 6 heteroatoms. The van der Waals surface area contributed by atoms with Crippen molar-refractivity contribution in [1.29, 1.82) is 0 Å². The van der Waals surface area contributed by atoms with Gasteiger partial charge in [0.25, 0.3) is 5.91 Å². The lowest BCUT2D eigenvalue weighted by Crippen LogP contribution is -2.16. The van der Waals surface area contributed by atoms with Crippen LogP contribution in [0.4, 0.5) is 5.13 Å². The van der Waals surface area contributed by atoms with Crippen LogP contribution in [0.1, 0.15) is 24.8 Å². The van der Waals surface area contributed by atoms with E-state index < -0.39 is 0 Å². The standard InChI is InChI=1S/C8H13N3O2S/c1-5(2)7-10-11-8(14-7)9-6(12)4-13-3/h5H,4H2,1-3H3,(H,9,11,12). The van der Waals surface area contributed by atoms with Crippen molar-refractivity contribution in [3.05, 3.63) is 5.01 Å². The van der Waals surface area contributed by atoms with Crippen LogP contribution < -0.4 is 5.32 Å². The fourth-order valence-corrected chi connectivity index (χ4v) is 1.57. The zero-order valence-corrected chi connectivity index (χ0v) is 9.22. The van der Waals surface area contributed by atoms with Gasteiger partial charge in [0.15, 0.2) is 0 Å². The Labute approximate surface area is 86.5 Å². The highest BCUT2D eigenvalue weighted by Crippen LogP contribution is 2.22. The lowest BCUT2D eigenvalue weighted by molar-refractivity contribution is -0.119. The molecule has 0 radical (unpaired) electrons. The Morgan fingerprint density at radius 1 is 1.57 bits per heavy atom. The Hall–Kier alpha value is -1.01. The summed E-state index contributed by atoms with van der Waals surface area (Å²) in [6.07, 6.45) is 0. The van der Waals surface area contributed by atoms with E-state index in [0.29, 0.717) is 11.0 Å². The van der Waals surface area contributed by atoms with Gasteiger partial charge in [-0.05, 0) is 0 Å². The normalized spacial score (nSPS) is 10.6. The predicted molar refractivity (Wildman–Crippen MR) is 54.5 cm³/mol. The van der Waals surface area contributed by atoms with E-state index in [1.165, 1.54) is 18.4 Å². The molecule has 0 aliphatic heterocycles. The Morgan fingerprint density at radius 2 is 2.29 bits per heavy atom. The number of nitrogens with one attached hydrogen (secondary N) is 1. The van der Waals surface area contributed by atoms with E-state index >= 15 is 0 Å². The third-order valence-corrected chi connectivity index (χ3v) is 2.60. The van der Waals surface area contributed by atoms with Crippen LogP contribution in [-0.4, -0.2) is 29.8 Å². The first kappa shape index (κ1) is 11.1. The second kappa shape index (κ2) is 5.02. The maximum atomic E-state index is 11.1. The van der Waals surface area contributed by atoms with Gasteiger partial charge in [-0.25, -0.2) is 0 Å². The first-order chi connectivity index (χ1) is 6.63. The minimum absolute atomic E-state index is 0.0383. The molecular weight excluding hydrogens is 202 g/mol. The fourth-order valence-electron chi connectivity index (χ4n) is 0.805. The van der Waals surface area contributed by atoms with E-state index in [9.17, 15) is 4.79 Å². The number of hydrogen-bond donors (Lipinski definition) is 1. The zero-order valence-electron chi connectivity index (χ0n) is 8.40. The van der Waals surface area contributed by atoms with Crippen molar-refractivity contribution >= 4 is 22.4 Å². The van der Waals surface area contributed by atoms with Gasteiger partial charge in [0.1, 0.15) is 11.6 Å². The number of anilines is 1. The van der Waals surface area contributed by atoms with Crippen LogP contribution in [-0.2, 0) is 9.53 Å². The van der Waals surface area contributed by atoms with Crippen LogP contribution in [0.2, 0.25) is 0 Å². The molecule has 1 heterocycles. The van der Waals surface area contributed by atoms with Crippen molar-refractivity contribution in [2.75, 3.05) is 19.0 Å². The number of rotatable bonds is 4. The monoisotopic (exact) mass is 215 g/mol. The molecule has 0 saturated heterocycles. The van der Waals surface area contributed by atoms with Gasteiger partial charge >= 0.3 is 0 Å². The summed E-state index contributed by atoms with van der Waals surface area (Å²) in [5, 5.41) is 11.8. The van der Waals surface area contributed by atoms with Crippen molar-refractivity contribution in [3.63, 3.8) is 0 Å². The number of ether oxygens (including phenoxy) is 1. The number of carbonyl (C=O) groups is 1. The number of hydrogen-bond acceptors (Lipinski definition) is 5. The highest BCUT2D eigenvalue weighted by atomic mass is 32.1. The second-order valence-electron chi connectivity index (χ2n) is 3.08. The Bertz CT molecular complexity index is 311. The van der Waals surface area contributed by atoms with Gasteiger partial charge in [0, 0.05) is 13.0 Å². The van der Waals surface area contributed by atoms with Crippen molar-refractivity contribution in [2.45, 2.75) is 19.8 Å². The van der Waals surface area contributed by atoms with E-state index in [1.807, 2.05) is 13.8 Å². The Balaban J connectivity index is 2.55. The number of amides is 1. The van der Waals surface area contributed by atoms with Gasteiger partial charge in [0.05, 0.1) is 0 Å². The second-order valence-corrected chi connectivity index (χ2v) is 4.09. The summed E-state index contributed by atoms with van der Waals surface area (Å²) >= 11 is 1.39. The number of nitrogens with zero attached hydrogens (tertiary/aromatic N) is 2. The summed E-state index contributed by atoms with van der Waals surface area (Å²) < 4.78 is 4.67. The summed E-state index contributed by atoms with van der Waals surface area (Å²) in [5.74, 6) is 0.125. The van der Waals surface area contributed by atoms with Gasteiger partial charge in [-0.1, -0.05) is 25.2 Å². The molecule has 1 N–H and O–H groups in total. The molecule has 1 aromatic rings. The van der Waals surface area contributed by atoms with Crippen LogP contribution >= 0.6 is 11.3 Å². The van der Waals surface area contributed by atoms with E-state index in [0.717, 1.165) is 5.01 Å². The number of methoxy groups -OCH3 is 1. The third kappa shape index (κ3) is 3.04. The minimum atomic E-state index is -0.209. The molecule has 0 saturated carbocycles. The summed E-state index contributed by atoms with van der Waals surface area (Å²) in [7, 11) is 1.47. The molecule has 0 aliphatic carbocycles. The van der Waals surface area contributed by atoms with Crippen molar-refractivity contribution < 1.29 is 9.53 Å². The molecule has 14 heavy (non-hydrogen) atoms. The smallest absolute Gasteiger partial charge is 0.252 e. The van der Waals surface area contributed by atoms with Gasteiger partial charge in [-0.3, -0.25) is 10.1 Å². The molecule has 0 unspecified atom stereocenters. The molecular formula is C8H13N3O2S. The molecule has 1 aromatic heterocycles. The summed E-state index contributed by atoms with van der Waals surface area (Å²) in [5.41, 5.74) is 0. The van der Waals surface area contributed by atoms with Gasteiger partial charge in [-0.15, -0.1) is 10.2 Å². The van der Waals surface area contributed by atoms with E-state index in [-0.39, 0.29) is 12.5 Å². The molecule has 78 valence electrons. The highest BCUT2D eigenvalue weighted by molar-refractivity contribution is 7.15. The van der Waals surface area contributed by atoms with Crippen LogP contribution in [0.15, 0.2) is 0 Å². The van der Waals surface area contributed by atoms with Gasteiger partial charge in [0.2, 0.25) is 5.13 Å². The minimum Gasteiger partial charge on any atom is -0.375 e.